The van der Waals surface area contributed by atoms with Crippen LogP contribution in [0.4, 0.5) is 11.6 Å². The Kier molecular flexibility index (Phi) is 3.33. The molecule has 0 aliphatic heterocycles. The number of halogens is 1. The average molecular weight is 256 g/mol. The Hall–Kier alpha value is -1.56. The number of hydrogen-bond donors (Lipinski definition) is 2. The molecule has 3 N–H and O–H groups in total. The summed E-state index contributed by atoms with van der Waals surface area (Å²) in [7, 11) is 1.74. The molecule has 6 nitrogen and oxygen atoms in total. The summed E-state index contributed by atoms with van der Waals surface area (Å²) >= 11 is 5.97. The number of anilines is 2. The normalized spacial score (nSPS) is 14.5. The number of hydrogen-bond acceptors (Lipinski definition) is 5. The number of rotatable bonds is 4. The number of carbonyl (C=O) groups excluding carboxylic acids is 1. The van der Waals surface area contributed by atoms with Crippen LogP contribution < -0.4 is 16.0 Å². The van der Waals surface area contributed by atoms with Crippen LogP contribution in [0.25, 0.3) is 0 Å². The lowest BCUT2D eigenvalue weighted by molar-refractivity contribution is -0.119. The van der Waals surface area contributed by atoms with Crippen LogP contribution in [-0.4, -0.2) is 35.5 Å². The molecule has 7 heteroatoms. The van der Waals surface area contributed by atoms with Crippen LogP contribution in [-0.2, 0) is 4.79 Å². The second-order valence-electron chi connectivity index (χ2n) is 4.09. The van der Waals surface area contributed by atoms with Gasteiger partial charge in [0.25, 0.3) is 0 Å². The van der Waals surface area contributed by atoms with Gasteiger partial charge in [0, 0.05) is 13.1 Å². The molecule has 0 unspecified atom stereocenters. The number of nitrogens with two attached hydrogens (primary N) is 1. The fourth-order valence-corrected chi connectivity index (χ4v) is 1.67. The lowest BCUT2D eigenvalue weighted by atomic mass is 10.4. The minimum Gasteiger partial charge on any atom is -0.382 e. The summed E-state index contributed by atoms with van der Waals surface area (Å²) in [5, 5.41) is 3.16. The summed E-state index contributed by atoms with van der Waals surface area (Å²) in [6, 6.07) is 0.349. The molecular formula is C10H14ClN5O. The van der Waals surface area contributed by atoms with Gasteiger partial charge in [-0.2, -0.15) is 0 Å². The van der Waals surface area contributed by atoms with E-state index >= 15 is 0 Å². The van der Waals surface area contributed by atoms with Gasteiger partial charge in [-0.15, -0.1) is 0 Å². The first-order valence-corrected chi connectivity index (χ1v) is 5.72. The zero-order chi connectivity index (χ0) is 12.4. The molecule has 0 saturated heterocycles. The van der Waals surface area contributed by atoms with E-state index in [1.165, 1.54) is 6.33 Å². The molecule has 0 spiro atoms. The number of nitrogens with zero attached hydrogens (tertiary/aromatic N) is 3. The van der Waals surface area contributed by atoms with E-state index in [2.05, 4.69) is 15.3 Å². The molecule has 0 bridgehead atoms. The molecule has 1 amide bonds. The Labute approximate surface area is 104 Å². The number of nitrogens with one attached hydrogen (secondary N) is 1. The average Bonchev–Trinajstić information content (AvgIpc) is 3.05. The SMILES string of the molecule is CN(CC(=O)NC1CC1)c1ncnc(N)c1Cl. The van der Waals surface area contributed by atoms with Crippen molar-refractivity contribution in [2.75, 3.05) is 24.2 Å². The molecule has 1 aliphatic rings. The second-order valence-corrected chi connectivity index (χ2v) is 4.47. The number of likely N-dealkylation sites (N-methyl/N-ethyl adjacent to an activating group) is 1. The van der Waals surface area contributed by atoms with Gasteiger partial charge in [0.2, 0.25) is 5.91 Å². The minimum absolute atomic E-state index is 0.0387. The maximum Gasteiger partial charge on any atom is 0.239 e. The van der Waals surface area contributed by atoms with Crippen molar-refractivity contribution in [3.8, 4) is 0 Å². The molecule has 1 aromatic heterocycles. The molecule has 2 rings (SSSR count). The molecule has 1 aromatic rings. The highest BCUT2D eigenvalue weighted by molar-refractivity contribution is 6.35. The first kappa shape index (κ1) is 11.9. The van der Waals surface area contributed by atoms with Gasteiger partial charge in [-0.05, 0) is 12.8 Å². The zero-order valence-electron chi connectivity index (χ0n) is 9.48. The summed E-state index contributed by atoms with van der Waals surface area (Å²) in [4.78, 5) is 21.0. The van der Waals surface area contributed by atoms with Gasteiger partial charge in [0.15, 0.2) is 5.82 Å². The van der Waals surface area contributed by atoms with Crippen molar-refractivity contribution >= 4 is 29.1 Å². The quantitative estimate of drug-likeness (QED) is 0.815. The predicted octanol–water partition coefficient (Wildman–Crippen LogP) is 0.427. The smallest absolute Gasteiger partial charge is 0.239 e. The van der Waals surface area contributed by atoms with Crippen molar-refractivity contribution in [2.45, 2.75) is 18.9 Å². The maximum atomic E-state index is 11.6. The Bertz CT molecular complexity index is 435. The van der Waals surface area contributed by atoms with Crippen LogP contribution in [0.5, 0.6) is 0 Å². The number of carbonyl (C=O) groups is 1. The number of aromatic nitrogens is 2. The van der Waals surface area contributed by atoms with E-state index < -0.39 is 0 Å². The van der Waals surface area contributed by atoms with Crippen molar-refractivity contribution in [1.82, 2.24) is 15.3 Å². The van der Waals surface area contributed by atoms with Crippen molar-refractivity contribution in [3.63, 3.8) is 0 Å². The molecule has 1 heterocycles. The Morgan fingerprint density at radius 2 is 2.35 bits per heavy atom. The van der Waals surface area contributed by atoms with Crippen LogP contribution in [0, 0.1) is 0 Å². The fourth-order valence-electron chi connectivity index (χ4n) is 1.43. The van der Waals surface area contributed by atoms with E-state index in [4.69, 9.17) is 17.3 Å². The third-order valence-corrected chi connectivity index (χ3v) is 2.85. The molecule has 17 heavy (non-hydrogen) atoms. The standard InChI is InChI=1S/C10H14ClN5O/c1-16(4-7(17)15-6-2-3-6)10-8(11)9(12)13-5-14-10/h5-6H,2-4H2,1H3,(H,15,17)(H2,12,13,14). The lowest BCUT2D eigenvalue weighted by Gasteiger charge is -2.18. The predicted molar refractivity (Wildman–Crippen MR) is 65.9 cm³/mol. The van der Waals surface area contributed by atoms with E-state index in [1.54, 1.807) is 11.9 Å². The summed E-state index contributed by atoms with van der Waals surface area (Å²) in [5.41, 5.74) is 5.57. The highest BCUT2D eigenvalue weighted by atomic mass is 35.5. The monoisotopic (exact) mass is 255 g/mol. The summed E-state index contributed by atoms with van der Waals surface area (Å²) in [6.07, 6.45) is 3.46. The van der Waals surface area contributed by atoms with Crippen LogP contribution >= 0.6 is 11.6 Å². The molecule has 1 saturated carbocycles. The van der Waals surface area contributed by atoms with Gasteiger partial charge >= 0.3 is 0 Å². The molecule has 0 atom stereocenters. The molecule has 0 radical (unpaired) electrons. The third-order valence-electron chi connectivity index (χ3n) is 2.48. The van der Waals surface area contributed by atoms with E-state index in [0.29, 0.717) is 11.9 Å². The van der Waals surface area contributed by atoms with Gasteiger partial charge < -0.3 is 16.0 Å². The van der Waals surface area contributed by atoms with Crippen LogP contribution in [0.2, 0.25) is 5.02 Å². The second kappa shape index (κ2) is 4.75. The van der Waals surface area contributed by atoms with Crippen LogP contribution in [0.3, 0.4) is 0 Å². The fraction of sp³-hybridized carbons (Fsp3) is 0.500. The molecule has 92 valence electrons. The van der Waals surface area contributed by atoms with E-state index in [1.807, 2.05) is 0 Å². The van der Waals surface area contributed by atoms with Crippen molar-refractivity contribution in [3.05, 3.63) is 11.3 Å². The van der Waals surface area contributed by atoms with Gasteiger partial charge in [-0.1, -0.05) is 11.6 Å². The summed E-state index contributed by atoms with van der Waals surface area (Å²) in [5.74, 6) is 0.638. The number of nitrogen functional groups attached to an aromatic ring is 1. The van der Waals surface area contributed by atoms with Gasteiger partial charge in [0.05, 0.1) is 6.54 Å². The van der Waals surface area contributed by atoms with Gasteiger partial charge in [0.1, 0.15) is 17.2 Å². The molecular weight excluding hydrogens is 242 g/mol. The Morgan fingerprint density at radius 1 is 1.65 bits per heavy atom. The van der Waals surface area contributed by atoms with Crippen LogP contribution in [0.15, 0.2) is 6.33 Å². The highest BCUT2D eigenvalue weighted by Crippen LogP contribution is 2.25. The molecule has 1 fully saturated rings. The minimum atomic E-state index is -0.0387. The van der Waals surface area contributed by atoms with E-state index in [9.17, 15) is 4.79 Å². The highest BCUT2D eigenvalue weighted by Gasteiger charge is 2.24. The van der Waals surface area contributed by atoms with E-state index in [0.717, 1.165) is 12.8 Å². The Balaban J connectivity index is 2.00. The largest absolute Gasteiger partial charge is 0.382 e. The van der Waals surface area contributed by atoms with Crippen molar-refractivity contribution in [2.24, 2.45) is 0 Å². The lowest BCUT2D eigenvalue weighted by Crippen LogP contribution is -2.36. The maximum absolute atomic E-state index is 11.6. The van der Waals surface area contributed by atoms with Gasteiger partial charge in [-0.25, -0.2) is 9.97 Å². The first-order chi connectivity index (χ1) is 8.08. The first-order valence-electron chi connectivity index (χ1n) is 5.34. The topological polar surface area (TPSA) is 84.1 Å². The van der Waals surface area contributed by atoms with E-state index in [-0.39, 0.29) is 23.3 Å². The Morgan fingerprint density at radius 3 is 3.00 bits per heavy atom. The summed E-state index contributed by atoms with van der Waals surface area (Å²) in [6.45, 7) is 0.201. The zero-order valence-corrected chi connectivity index (χ0v) is 10.2. The van der Waals surface area contributed by atoms with Crippen LogP contribution in [0.1, 0.15) is 12.8 Å². The molecule has 0 aromatic carbocycles. The molecule has 1 aliphatic carbocycles. The number of amides is 1. The van der Waals surface area contributed by atoms with Gasteiger partial charge in [-0.3, -0.25) is 4.79 Å². The summed E-state index contributed by atoms with van der Waals surface area (Å²) < 4.78 is 0. The third kappa shape index (κ3) is 2.97. The van der Waals surface area contributed by atoms with Crippen molar-refractivity contribution in [1.29, 1.82) is 0 Å². The van der Waals surface area contributed by atoms with Crippen molar-refractivity contribution < 1.29 is 4.79 Å².